The van der Waals surface area contributed by atoms with Crippen LogP contribution in [0.1, 0.15) is 82.1 Å². The summed E-state index contributed by atoms with van der Waals surface area (Å²) >= 11 is 0. The summed E-state index contributed by atoms with van der Waals surface area (Å²) in [6.07, 6.45) is 5.91. The highest BCUT2D eigenvalue weighted by atomic mass is 16.6. The number of esters is 1. The zero-order valence-corrected chi connectivity index (χ0v) is 27.5. The quantitative estimate of drug-likeness (QED) is 0.0486. The van der Waals surface area contributed by atoms with Crippen molar-refractivity contribution < 1.29 is 33.5 Å². The fraction of sp³-hybridized carbons (Fsp3) is 0.500. The van der Waals surface area contributed by atoms with E-state index in [1.165, 1.54) is 17.0 Å². The van der Waals surface area contributed by atoms with Crippen molar-refractivity contribution >= 4 is 35.5 Å². The fourth-order valence-electron chi connectivity index (χ4n) is 4.57. The maximum absolute atomic E-state index is 13.5. The van der Waals surface area contributed by atoms with Gasteiger partial charge in [-0.1, -0.05) is 50.5 Å². The highest BCUT2D eigenvalue weighted by Gasteiger charge is 2.31. The number of rotatable bonds is 21. The molecule has 0 aromatic heterocycles. The maximum atomic E-state index is 13.5. The number of hydrazone groups is 1. The average Bonchev–Trinajstić information content (AvgIpc) is 3.01. The van der Waals surface area contributed by atoms with Crippen LogP contribution in [0.2, 0.25) is 0 Å². The molecule has 2 rings (SSSR count). The second kappa shape index (κ2) is 19.2. The molecule has 2 amide bonds. The minimum atomic E-state index is -1.14. The lowest BCUT2D eigenvalue weighted by Gasteiger charge is -2.24. The Bertz CT molecular complexity index is 1290. The number of nitrogens with one attached hydrogen (secondary N) is 1. The normalized spacial score (nSPS) is 11.5. The predicted octanol–water partition coefficient (Wildman–Crippen LogP) is 5.44. The van der Waals surface area contributed by atoms with Crippen LogP contribution in [0.25, 0.3) is 0 Å². The summed E-state index contributed by atoms with van der Waals surface area (Å²) in [6, 6.07) is 14.3. The molecule has 0 spiro atoms. The van der Waals surface area contributed by atoms with Crippen molar-refractivity contribution in [2.24, 2.45) is 5.10 Å². The molecule has 0 saturated heterocycles. The van der Waals surface area contributed by atoms with E-state index in [1.807, 2.05) is 18.2 Å². The third-order valence-corrected chi connectivity index (χ3v) is 6.94. The van der Waals surface area contributed by atoms with Crippen LogP contribution >= 0.6 is 0 Å². The van der Waals surface area contributed by atoms with E-state index in [9.17, 15) is 19.2 Å². The lowest BCUT2D eigenvalue weighted by molar-refractivity contribution is -0.158. The van der Waals surface area contributed by atoms with Gasteiger partial charge < -0.3 is 14.4 Å². The lowest BCUT2D eigenvalue weighted by Crippen LogP contribution is -2.39. The second-order valence-electron chi connectivity index (χ2n) is 11.1. The molecule has 0 aliphatic heterocycles. The van der Waals surface area contributed by atoms with E-state index in [0.29, 0.717) is 42.7 Å². The highest BCUT2D eigenvalue weighted by Crippen LogP contribution is 2.22. The highest BCUT2D eigenvalue weighted by molar-refractivity contribution is 6.39. The number of Topliss-reactive ketones (excluding diaryl/α,β-unsaturated/α-hetero) is 1. The van der Waals surface area contributed by atoms with E-state index in [-0.39, 0.29) is 31.2 Å². The van der Waals surface area contributed by atoms with Crippen LogP contribution in [0.5, 0.6) is 5.75 Å². The van der Waals surface area contributed by atoms with Gasteiger partial charge in [-0.05, 0) is 76.3 Å². The van der Waals surface area contributed by atoms with Gasteiger partial charge in [0.25, 0.3) is 5.91 Å². The number of hydrogen-bond acceptors (Lipinski definition) is 9. The van der Waals surface area contributed by atoms with Crippen LogP contribution < -0.4 is 10.2 Å². The number of para-hydroxylation sites is 1. The van der Waals surface area contributed by atoms with Gasteiger partial charge in [0.2, 0.25) is 6.41 Å². The number of unbranched alkanes of at least 4 members (excludes halogenated alkanes) is 3. The topological polar surface area (TPSA) is 127 Å². The van der Waals surface area contributed by atoms with Gasteiger partial charge >= 0.3 is 5.97 Å². The Morgan fingerprint density at radius 3 is 2.44 bits per heavy atom. The van der Waals surface area contributed by atoms with Crippen molar-refractivity contribution in [3.05, 3.63) is 59.7 Å². The average molecular weight is 625 g/mol. The molecule has 0 aliphatic rings. The Morgan fingerprint density at radius 2 is 1.76 bits per heavy atom. The number of ketones is 1. The van der Waals surface area contributed by atoms with Crippen LogP contribution in [-0.4, -0.2) is 79.1 Å². The monoisotopic (exact) mass is 624 g/mol. The summed E-state index contributed by atoms with van der Waals surface area (Å²) in [5.74, 6) is -0.578. The third-order valence-electron chi connectivity index (χ3n) is 6.94. The molecular weight excluding hydrogens is 576 g/mol. The van der Waals surface area contributed by atoms with Crippen LogP contribution in [0.3, 0.4) is 0 Å². The SMILES string of the molecule is CCCCCC/C(=N/N(C=O)CCCc1cccc(OC(C)(C)C(=O)OCC)c1)C(=O)N(C)CC(=O)c1ccccc1NOC. The molecule has 0 unspecified atom stereocenters. The Balaban J connectivity index is 2.10. The van der Waals surface area contributed by atoms with Crippen LogP contribution in [0.4, 0.5) is 5.69 Å². The van der Waals surface area contributed by atoms with Crippen LogP contribution in [0.15, 0.2) is 53.6 Å². The van der Waals surface area contributed by atoms with Gasteiger partial charge in [-0.3, -0.25) is 24.7 Å². The summed E-state index contributed by atoms with van der Waals surface area (Å²) in [5, 5.41) is 5.69. The number of likely N-dealkylation sites (N-methyl/N-ethyl adjacent to an activating group) is 1. The number of ether oxygens (including phenoxy) is 2. The van der Waals surface area contributed by atoms with E-state index in [0.717, 1.165) is 31.2 Å². The zero-order valence-electron chi connectivity index (χ0n) is 27.5. The number of aryl methyl sites for hydroxylation is 1. The van der Waals surface area contributed by atoms with Gasteiger partial charge in [0.15, 0.2) is 11.4 Å². The van der Waals surface area contributed by atoms with Gasteiger partial charge in [0, 0.05) is 19.2 Å². The first-order valence-electron chi connectivity index (χ1n) is 15.5. The first-order valence-corrected chi connectivity index (χ1v) is 15.5. The van der Waals surface area contributed by atoms with E-state index >= 15 is 0 Å². The molecular formula is C34H48N4O7. The largest absolute Gasteiger partial charge is 0.476 e. The van der Waals surface area contributed by atoms with E-state index in [1.54, 1.807) is 58.2 Å². The zero-order chi connectivity index (χ0) is 33.2. The van der Waals surface area contributed by atoms with Gasteiger partial charge in [0.05, 0.1) is 25.9 Å². The minimum absolute atomic E-state index is 0.165. The summed E-state index contributed by atoms with van der Waals surface area (Å²) < 4.78 is 11.0. The standard InChI is InChI=1S/C34H48N4O7/c1-7-9-10-11-21-30(32(41)37(5)24-31(40)28-19-12-13-20-29(28)36-43-6)35-38(25-39)22-15-17-26-16-14-18-27(23-26)45-34(3,4)33(42)44-8-2/h12-14,16,18-20,23,25,36H,7-11,15,17,21-22,24H2,1-6H3/b35-30-. The molecule has 246 valence electrons. The number of anilines is 1. The molecule has 0 fully saturated rings. The molecule has 0 heterocycles. The Labute approximate surface area is 266 Å². The molecule has 0 saturated carbocycles. The molecule has 0 atom stereocenters. The molecule has 1 N–H and O–H groups in total. The number of benzene rings is 2. The Kier molecular flexibility index (Phi) is 15.8. The Morgan fingerprint density at radius 1 is 1.00 bits per heavy atom. The molecule has 2 aromatic rings. The van der Waals surface area contributed by atoms with Crippen molar-refractivity contribution in [2.75, 3.05) is 39.3 Å². The summed E-state index contributed by atoms with van der Waals surface area (Å²) in [5.41, 5.74) is 3.64. The van der Waals surface area contributed by atoms with Crippen molar-refractivity contribution in [3.63, 3.8) is 0 Å². The third kappa shape index (κ3) is 12.3. The van der Waals surface area contributed by atoms with Gasteiger partial charge in [-0.2, -0.15) is 5.10 Å². The molecule has 11 heteroatoms. The number of hydrogen-bond donors (Lipinski definition) is 1. The molecule has 0 aliphatic carbocycles. The molecule has 2 aromatic carbocycles. The van der Waals surface area contributed by atoms with Crippen molar-refractivity contribution in [2.45, 2.75) is 78.2 Å². The predicted molar refractivity (Wildman–Crippen MR) is 174 cm³/mol. The molecule has 45 heavy (non-hydrogen) atoms. The number of amides is 2. The first kappa shape index (κ1) is 36.9. The number of carbonyl (C=O) groups is 4. The maximum Gasteiger partial charge on any atom is 0.349 e. The van der Waals surface area contributed by atoms with Crippen molar-refractivity contribution in [1.29, 1.82) is 0 Å². The van der Waals surface area contributed by atoms with Gasteiger partial charge in [-0.25, -0.2) is 9.80 Å². The van der Waals surface area contributed by atoms with Crippen molar-refractivity contribution in [3.8, 4) is 5.75 Å². The number of nitrogens with zero attached hydrogens (tertiary/aromatic N) is 3. The molecule has 0 bridgehead atoms. The summed E-state index contributed by atoms with van der Waals surface area (Å²) in [4.78, 5) is 57.1. The van der Waals surface area contributed by atoms with Gasteiger partial charge in [0.1, 0.15) is 11.5 Å². The minimum Gasteiger partial charge on any atom is -0.476 e. The number of carbonyl (C=O) groups excluding carboxylic acids is 4. The van der Waals surface area contributed by atoms with Gasteiger partial charge in [-0.15, -0.1) is 0 Å². The fourth-order valence-corrected chi connectivity index (χ4v) is 4.57. The van der Waals surface area contributed by atoms with Crippen molar-refractivity contribution in [1.82, 2.24) is 9.91 Å². The van der Waals surface area contributed by atoms with Crippen LogP contribution in [0, 0.1) is 0 Å². The Hall–Kier alpha value is -4.25. The van der Waals surface area contributed by atoms with Crippen LogP contribution in [-0.2, 0) is 30.4 Å². The second-order valence-corrected chi connectivity index (χ2v) is 11.1. The molecule has 11 nitrogen and oxygen atoms in total. The lowest BCUT2D eigenvalue weighted by atomic mass is 10.1. The smallest absolute Gasteiger partial charge is 0.349 e. The van der Waals surface area contributed by atoms with E-state index in [4.69, 9.17) is 14.3 Å². The first-order chi connectivity index (χ1) is 21.6. The van der Waals surface area contributed by atoms with E-state index < -0.39 is 17.5 Å². The molecule has 0 radical (unpaired) electrons. The summed E-state index contributed by atoms with van der Waals surface area (Å²) in [7, 11) is 3.01. The summed E-state index contributed by atoms with van der Waals surface area (Å²) in [6.45, 7) is 7.55. The van der Waals surface area contributed by atoms with E-state index in [2.05, 4.69) is 17.5 Å².